The number of nitrogens with zero attached hydrogens (tertiary/aromatic N) is 1. The van der Waals surface area contributed by atoms with Gasteiger partial charge >= 0.3 is 12.1 Å². The number of benzene rings is 3. The number of nitrogens with one attached hydrogen (secondary N) is 2. The highest BCUT2D eigenvalue weighted by atomic mass is 79.9. The van der Waals surface area contributed by atoms with Crippen LogP contribution in [0, 0.1) is 17.1 Å². The summed E-state index contributed by atoms with van der Waals surface area (Å²) in [4.78, 5) is 26.7. The molecule has 0 aliphatic heterocycles. The van der Waals surface area contributed by atoms with E-state index in [0.717, 1.165) is 12.1 Å². The van der Waals surface area contributed by atoms with Crippen molar-refractivity contribution in [2.24, 2.45) is 0 Å². The first-order valence-corrected chi connectivity index (χ1v) is 12.2. The van der Waals surface area contributed by atoms with E-state index in [1.165, 1.54) is 36.4 Å². The highest BCUT2D eigenvalue weighted by molar-refractivity contribution is 9.10. The van der Waals surface area contributed by atoms with Gasteiger partial charge < -0.3 is 19.8 Å². The molecule has 0 unspecified atom stereocenters. The van der Waals surface area contributed by atoms with Crippen molar-refractivity contribution in [3.63, 3.8) is 0 Å². The van der Waals surface area contributed by atoms with E-state index in [1.54, 1.807) is 0 Å². The molecule has 0 saturated carbocycles. The van der Waals surface area contributed by atoms with Gasteiger partial charge in [0.05, 0.1) is 26.6 Å². The minimum absolute atomic E-state index is 0.0128. The van der Waals surface area contributed by atoms with Gasteiger partial charge in [0.1, 0.15) is 17.2 Å². The van der Waals surface area contributed by atoms with Gasteiger partial charge in [-0.15, -0.1) is 0 Å². The van der Waals surface area contributed by atoms with Gasteiger partial charge in [0.15, 0.2) is 11.6 Å². The van der Waals surface area contributed by atoms with Crippen LogP contribution in [-0.4, -0.2) is 23.0 Å². The Kier molecular flexibility index (Phi) is 8.06. The van der Waals surface area contributed by atoms with E-state index in [0.29, 0.717) is 5.39 Å². The van der Waals surface area contributed by atoms with Crippen LogP contribution in [0.3, 0.4) is 0 Å². The summed E-state index contributed by atoms with van der Waals surface area (Å²) in [5, 5.41) is 12.2. The number of aromatic nitrogens is 1. The van der Waals surface area contributed by atoms with Crippen molar-refractivity contribution in [2.75, 3.05) is 0 Å². The van der Waals surface area contributed by atoms with E-state index in [9.17, 15) is 22.8 Å². The Morgan fingerprint density at radius 1 is 1.08 bits per heavy atom. The highest BCUT2D eigenvalue weighted by Gasteiger charge is 2.41. The van der Waals surface area contributed by atoms with Crippen molar-refractivity contribution in [3.05, 3.63) is 85.7 Å². The second-order valence-corrected chi connectivity index (χ2v) is 9.47. The third-order valence-corrected chi connectivity index (χ3v) is 6.50. The SMILES string of the molecule is N#Cc1cc(Cl)cc(Oc2c(Cl)ccc(CNC(=O)c3[nH]c4cc(OC(=O)C(F)(F)F)ccc4c3Br)c2F)c1. The molecular formula is C25H12BrCl2F4N3O4. The normalized spacial score (nSPS) is 11.2. The van der Waals surface area contributed by atoms with Gasteiger partial charge in [-0.2, -0.15) is 18.4 Å². The van der Waals surface area contributed by atoms with E-state index < -0.39 is 23.9 Å². The molecule has 4 aromatic rings. The number of fused-ring (bicyclic) bond motifs is 1. The van der Waals surface area contributed by atoms with E-state index in [2.05, 4.69) is 31.0 Å². The summed E-state index contributed by atoms with van der Waals surface area (Å²) in [5.41, 5.74) is 0.384. The predicted molar refractivity (Wildman–Crippen MR) is 137 cm³/mol. The van der Waals surface area contributed by atoms with E-state index in [4.69, 9.17) is 33.2 Å². The molecule has 3 aromatic carbocycles. The summed E-state index contributed by atoms with van der Waals surface area (Å²) in [7, 11) is 0. The molecule has 1 aromatic heterocycles. The molecular weight excluding hydrogens is 633 g/mol. The quantitative estimate of drug-likeness (QED) is 0.129. The largest absolute Gasteiger partial charge is 0.491 e. The molecule has 2 N–H and O–H groups in total. The Balaban J connectivity index is 1.52. The van der Waals surface area contributed by atoms with Gasteiger partial charge in [-0.05, 0) is 52.3 Å². The Labute approximate surface area is 235 Å². The number of amides is 1. The lowest BCUT2D eigenvalue weighted by Crippen LogP contribution is -2.27. The van der Waals surface area contributed by atoms with Crippen LogP contribution in [-0.2, 0) is 11.3 Å². The average Bonchev–Trinajstić information content (AvgIpc) is 3.20. The molecule has 39 heavy (non-hydrogen) atoms. The lowest BCUT2D eigenvalue weighted by molar-refractivity contribution is -0.189. The number of nitriles is 1. The summed E-state index contributed by atoms with van der Waals surface area (Å²) in [6.45, 7) is -0.298. The van der Waals surface area contributed by atoms with Crippen LogP contribution in [0.25, 0.3) is 10.9 Å². The van der Waals surface area contributed by atoms with Crippen LogP contribution in [0.4, 0.5) is 17.6 Å². The van der Waals surface area contributed by atoms with E-state index in [1.807, 2.05) is 6.07 Å². The molecule has 0 spiro atoms. The fraction of sp³-hybridized carbons (Fsp3) is 0.0800. The van der Waals surface area contributed by atoms with E-state index >= 15 is 4.39 Å². The third-order valence-electron chi connectivity index (χ3n) is 5.16. The third kappa shape index (κ3) is 6.27. The number of rotatable bonds is 6. The number of hydrogen-bond donors (Lipinski definition) is 2. The molecule has 1 heterocycles. The van der Waals surface area contributed by atoms with E-state index in [-0.39, 0.29) is 60.6 Å². The summed E-state index contributed by atoms with van der Waals surface area (Å²) in [6, 6.07) is 12.3. The molecule has 0 fully saturated rings. The number of ether oxygens (including phenoxy) is 2. The second-order valence-electron chi connectivity index (χ2n) is 7.83. The molecule has 0 bridgehead atoms. The van der Waals surface area contributed by atoms with Gasteiger partial charge in [0.2, 0.25) is 0 Å². The van der Waals surface area contributed by atoms with Crippen LogP contribution in [0.15, 0.2) is 53.0 Å². The Hall–Kier alpha value is -3.79. The number of esters is 1. The summed E-state index contributed by atoms with van der Waals surface area (Å²) < 4.78 is 62.8. The zero-order valence-electron chi connectivity index (χ0n) is 19.1. The highest BCUT2D eigenvalue weighted by Crippen LogP contribution is 2.36. The van der Waals surface area contributed by atoms with Crippen molar-refractivity contribution >= 4 is 61.9 Å². The first-order chi connectivity index (χ1) is 18.4. The van der Waals surface area contributed by atoms with Crippen LogP contribution in [0.1, 0.15) is 21.6 Å². The maximum atomic E-state index is 15.2. The number of alkyl halides is 3. The Bertz CT molecular complexity index is 1670. The molecule has 14 heteroatoms. The number of carbonyl (C=O) groups is 2. The van der Waals surface area contributed by atoms with Gasteiger partial charge in [-0.3, -0.25) is 4.79 Å². The standard InChI is InChI=1S/C25H12BrCl2F4N3O4/c26-19-16-3-2-14(39-24(37)25(30,31)32)8-18(16)35-21(19)23(36)34-10-12-1-4-17(28)22(20(12)29)38-15-6-11(9-33)5-13(27)7-15/h1-8,35H,10H2,(H,34,36). The number of hydrogen-bond acceptors (Lipinski definition) is 5. The molecule has 0 aliphatic carbocycles. The molecule has 200 valence electrons. The zero-order valence-corrected chi connectivity index (χ0v) is 22.1. The Morgan fingerprint density at radius 3 is 2.51 bits per heavy atom. The Morgan fingerprint density at radius 2 is 1.82 bits per heavy atom. The monoisotopic (exact) mass is 643 g/mol. The fourth-order valence-electron chi connectivity index (χ4n) is 3.40. The zero-order chi connectivity index (χ0) is 28.5. The second kappa shape index (κ2) is 11.1. The lowest BCUT2D eigenvalue weighted by atomic mass is 10.2. The summed E-state index contributed by atoms with van der Waals surface area (Å²) in [6.07, 6.45) is -5.17. The lowest BCUT2D eigenvalue weighted by Gasteiger charge is -2.13. The van der Waals surface area contributed by atoms with Crippen LogP contribution in [0.5, 0.6) is 17.2 Å². The molecule has 0 saturated heterocycles. The molecule has 0 atom stereocenters. The topological polar surface area (TPSA) is 104 Å². The first-order valence-electron chi connectivity index (χ1n) is 10.6. The van der Waals surface area contributed by atoms with Crippen molar-refractivity contribution in [2.45, 2.75) is 12.7 Å². The first kappa shape index (κ1) is 28.2. The van der Waals surface area contributed by atoms with Gasteiger partial charge in [0, 0.05) is 28.6 Å². The minimum atomic E-state index is -5.17. The van der Waals surface area contributed by atoms with Crippen LogP contribution >= 0.6 is 39.1 Å². The predicted octanol–water partition coefficient (Wildman–Crippen LogP) is 7.44. The summed E-state index contributed by atoms with van der Waals surface area (Å²) in [5.74, 6) is -4.60. The van der Waals surface area contributed by atoms with Crippen molar-refractivity contribution in [1.82, 2.24) is 10.3 Å². The van der Waals surface area contributed by atoms with Gasteiger partial charge in [0.25, 0.3) is 5.91 Å². The average molecular weight is 645 g/mol. The number of aromatic amines is 1. The number of H-pyrrole nitrogens is 1. The fourth-order valence-corrected chi connectivity index (χ4v) is 4.43. The molecule has 0 aliphatic rings. The number of carbonyl (C=O) groups excluding carboxylic acids is 2. The van der Waals surface area contributed by atoms with Crippen LogP contribution in [0.2, 0.25) is 10.0 Å². The van der Waals surface area contributed by atoms with Crippen molar-refractivity contribution < 1.29 is 36.6 Å². The molecule has 7 nitrogen and oxygen atoms in total. The van der Waals surface area contributed by atoms with Gasteiger partial charge in [-0.1, -0.05) is 29.3 Å². The smallest absolute Gasteiger partial charge is 0.453 e. The van der Waals surface area contributed by atoms with Crippen molar-refractivity contribution in [3.8, 4) is 23.3 Å². The molecule has 1 amide bonds. The molecule has 0 radical (unpaired) electrons. The van der Waals surface area contributed by atoms with Crippen molar-refractivity contribution in [1.29, 1.82) is 5.26 Å². The van der Waals surface area contributed by atoms with Crippen LogP contribution < -0.4 is 14.8 Å². The molecule has 4 rings (SSSR count). The van der Waals surface area contributed by atoms with Gasteiger partial charge in [-0.25, -0.2) is 9.18 Å². The maximum Gasteiger partial charge on any atom is 0.491 e. The number of halogens is 7. The minimum Gasteiger partial charge on any atom is -0.453 e. The maximum absolute atomic E-state index is 15.2. The summed E-state index contributed by atoms with van der Waals surface area (Å²) >= 11 is 15.3.